The van der Waals surface area contributed by atoms with Crippen LogP contribution in [0.3, 0.4) is 0 Å². The third-order valence-corrected chi connectivity index (χ3v) is 4.52. The van der Waals surface area contributed by atoms with Gasteiger partial charge in [-0.05, 0) is 62.2 Å². The summed E-state index contributed by atoms with van der Waals surface area (Å²) in [6.45, 7) is 13.4. The van der Waals surface area contributed by atoms with Crippen molar-refractivity contribution < 1.29 is 0 Å². The van der Waals surface area contributed by atoms with Gasteiger partial charge in [-0.15, -0.1) is 0 Å². The van der Waals surface area contributed by atoms with Crippen LogP contribution in [0.15, 0.2) is 46.9 Å². The van der Waals surface area contributed by atoms with Gasteiger partial charge in [0.2, 0.25) is 0 Å². The van der Waals surface area contributed by atoms with Crippen molar-refractivity contribution >= 4 is 27.3 Å². The molecule has 0 saturated heterocycles. The molecule has 118 valence electrons. The molecular weight excluding hydrogens is 334 g/mol. The molecule has 0 spiro atoms. The summed E-state index contributed by atoms with van der Waals surface area (Å²) in [6, 6.07) is 15.2. The summed E-state index contributed by atoms with van der Waals surface area (Å²) in [5, 5.41) is 3.48. The van der Waals surface area contributed by atoms with Gasteiger partial charge < -0.3 is 5.32 Å². The maximum atomic E-state index is 3.68. The van der Waals surface area contributed by atoms with Crippen LogP contribution in [0.25, 0.3) is 0 Å². The van der Waals surface area contributed by atoms with Gasteiger partial charge in [0.15, 0.2) is 0 Å². The van der Waals surface area contributed by atoms with Crippen LogP contribution >= 0.6 is 15.9 Å². The van der Waals surface area contributed by atoms with Gasteiger partial charge in [0.25, 0.3) is 0 Å². The third-order valence-electron chi connectivity index (χ3n) is 3.87. The lowest BCUT2D eigenvalue weighted by atomic mass is 9.87. The van der Waals surface area contributed by atoms with Gasteiger partial charge in [0.05, 0.1) is 5.69 Å². The van der Waals surface area contributed by atoms with Gasteiger partial charge in [-0.25, -0.2) is 0 Å². The standard InChI is InChI=1S/C20H26BrN/c1-19(2,3)14-7-10-16(11-8-14)22-18-12-9-15(13-17(18)21)20(4,5)6/h7-13,22H,1-6H3. The van der Waals surface area contributed by atoms with Crippen molar-refractivity contribution in [3.05, 3.63) is 58.1 Å². The Labute approximate surface area is 143 Å². The van der Waals surface area contributed by atoms with Crippen LogP contribution in [-0.2, 0) is 10.8 Å². The molecule has 2 aromatic carbocycles. The number of anilines is 2. The molecule has 0 fully saturated rings. The summed E-state index contributed by atoms with van der Waals surface area (Å²) < 4.78 is 1.10. The van der Waals surface area contributed by atoms with E-state index in [-0.39, 0.29) is 10.8 Å². The zero-order valence-corrected chi connectivity index (χ0v) is 16.0. The maximum absolute atomic E-state index is 3.68. The smallest absolute Gasteiger partial charge is 0.0528 e. The lowest BCUT2D eigenvalue weighted by Crippen LogP contribution is -2.11. The average Bonchev–Trinajstić information content (AvgIpc) is 2.39. The molecule has 0 aromatic heterocycles. The third kappa shape index (κ3) is 4.13. The van der Waals surface area contributed by atoms with Crippen molar-refractivity contribution in [1.29, 1.82) is 0 Å². The van der Waals surface area contributed by atoms with Crippen molar-refractivity contribution in [2.24, 2.45) is 0 Å². The number of rotatable bonds is 2. The molecular formula is C20H26BrN. The van der Waals surface area contributed by atoms with Crippen molar-refractivity contribution in [3.8, 4) is 0 Å². The van der Waals surface area contributed by atoms with Crippen molar-refractivity contribution in [2.75, 3.05) is 5.32 Å². The van der Waals surface area contributed by atoms with Gasteiger partial charge in [-0.2, -0.15) is 0 Å². The monoisotopic (exact) mass is 359 g/mol. The van der Waals surface area contributed by atoms with E-state index in [9.17, 15) is 0 Å². The molecule has 1 nitrogen and oxygen atoms in total. The van der Waals surface area contributed by atoms with E-state index in [0.29, 0.717) is 0 Å². The highest BCUT2D eigenvalue weighted by atomic mass is 79.9. The Morgan fingerprint density at radius 1 is 0.727 bits per heavy atom. The van der Waals surface area contributed by atoms with Crippen LogP contribution in [-0.4, -0.2) is 0 Å². The van der Waals surface area contributed by atoms with E-state index in [1.165, 1.54) is 11.1 Å². The number of halogens is 1. The highest BCUT2D eigenvalue weighted by Gasteiger charge is 2.15. The Morgan fingerprint density at radius 3 is 1.68 bits per heavy atom. The molecule has 22 heavy (non-hydrogen) atoms. The second kappa shape index (κ2) is 6.08. The van der Waals surface area contributed by atoms with Crippen molar-refractivity contribution in [1.82, 2.24) is 0 Å². The van der Waals surface area contributed by atoms with Crippen molar-refractivity contribution in [3.63, 3.8) is 0 Å². The van der Waals surface area contributed by atoms with E-state index >= 15 is 0 Å². The first-order valence-electron chi connectivity index (χ1n) is 7.75. The van der Waals surface area contributed by atoms with Gasteiger partial charge in [-0.1, -0.05) is 59.7 Å². The largest absolute Gasteiger partial charge is 0.355 e. The van der Waals surface area contributed by atoms with Gasteiger partial charge in [0.1, 0.15) is 0 Å². The zero-order valence-electron chi connectivity index (χ0n) is 14.4. The zero-order chi connectivity index (χ0) is 16.5. The number of nitrogens with one attached hydrogen (secondary N) is 1. The molecule has 2 aromatic rings. The molecule has 0 aliphatic rings. The molecule has 2 heteroatoms. The minimum atomic E-state index is 0.162. The number of hydrogen-bond donors (Lipinski definition) is 1. The maximum Gasteiger partial charge on any atom is 0.0528 e. The van der Waals surface area contributed by atoms with E-state index in [1.54, 1.807) is 0 Å². The Morgan fingerprint density at radius 2 is 1.23 bits per heavy atom. The first kappa shape index (κ1) is 17.1. The quantitative estimate of drug-likeness (QED) is 0.622. The fourth-order valence-electron chi connectivity index (χ4n) is 2.29. The predicted molar refractivity (Wildman–Crippen MR) is 101 cm³/mol. The molecule has 2 rings (SSSR count). The molecule has 0 aliphatic carbocycles. The van der Waals surface area contributed by atoms with Crippen LogP contribution in [0.5, 0.6) is 0 Å². The first-order chi connectivity index (χ1) is 10.1. The molecule has 0 amide bonds. The predicted octanol–water partition coefficient (Wildman–Crippen LogP) is 6.79. The summed E-state index contributed by atoms with van der Waals surface area (Å²) >= 11 is 3.68. The lowest BCUT2D eigenvalue weighted by Gasteiger charge is -2.21. The molecule has 0 saturated carbocycles. The SMILES string of the molecule is CC(C)(C)c1ccc(Nc2ccc(C(C)(C)C)cc2Br)cc1. The van der Waals surface area contributed by atoms with Crippen molar-refractivity contribution in [2.45, 2.75) is 52.4 Å². The van der Waals surface area contributed by atoms with Gasteiger partial charge in [0, 0.05) is 10.2 Å². The highest BCUT2D eigenvalue weighted by molar-refractivity contribution is 9.10. The first-order valence-corrected chi connectivity index (χ1v) is 8.54. The minimum Gasteiger partial charge on any atom is -0.355 e. The summed E-state index contributed by atoms with van der Waals surface area (Å²) in [4.78, 5) is 0. The Balaban J connectivity index is 2.21. The minimum absolute atomic E-state index is 0.162. The van der Waals surface area contributed by atoms with Crippen LogP contribution < -0.4 is 5.32 Å². The van der Waals surface area contributed by atoms with E-state index < -0.39 is 0 Å². The van der Waals surface area contributed by atoms with E-state index in [1.807, 2.05) is 0 Å². The molecule has 1 N–H and O–H groups in total. The fraction of sp³-hybridized carbons (Fsp3) is 0.400. The number of hydrogen-bond acceptors (Lipinski definition) is 1. The lowest BCUT2D eigenvalue weighted by molar-refractivity contribution is 0.590. The van der Waals surface area contributed by atoms with Crippen LogP contribution in [0, 0.1) is 0 Å². The van der Waals surface area contributed by atoms with Crippen LogP contribution in [0.4, 0.5) is 11.4 Å². The van der Waals surface area contributed by atoms with E-state index in [4.69, 9.17) is 0 Å². The number of benzene rings is 2. The second-order valence-electron chi connectivity index (χ2n) is 7.90. The molecule has 0 unspecified atom stereocenters. The summed E-state index contributed by atoms with van der Waals surface area (Å²) in [5.74, 6) is 0. The Bertz CT molecular complexity index is 643. The summed E-state index contributed by atoms with van der Waals surface area (Å²) in [7, 11) is 0. The van der Waals surface area contributed by atoms with Crippen LogP contribution in [0.1, 0.15) is 52.7 Å². The molecule has 0 bridgehead atoms. The van der Waals surface area contributed by atoms with Gasteiger partial charge >= 0.3 is 0 Å². The highest BCUT2D eigenvalue weighted by Crippen LogP contribution is 2.32. The summed E-state index contributed by atoms with van der Waals surface area (Å²) in [5.41, 5.74) is 5.23. The topological polar surface area (TPSA) is 12.0 Å². The molecule has 0 atom stereocenters. The average molecular weight is 360 g/mol. The van der Waals surface area contributed by atoms with Crippen LogP contribution in [0.2, 0.25) is 0 Å². The normalized spacial score (nSPS) is 12.3. The summed E-state index contributed by atoms with van der Waals surface area (Å²) in [6.07, 6.45) is 0. The molecule has 0 aliphatic heterocycles. The van der Waals surface area contributed by atoms with E-state index in [0.717, 1.165) is 15.8 Å². The fourth-order valence-corrected chi connectivity index (χ4v) is 2.77. The molecule has 0 radical (unpaired) electrons. The Kier molecular flexibility index (Phi) is 4.72. The second-order valence-corrected chi connectivity index (χ2v) is 8.75. The van der Waals surface area contributed by atoms with Gasteiger partial charge in [-0.3, -0.25) is 0 Å². The molecule has 0 heterocycles. The Hall–Kier alpha value is -1.28. The van der Waals surface area contributed by atoms with E-state index in [2.05, 4.69) is 105 Å².